The van der Waals surface area contributed by atoms with Gasteiger partial charge in [-0.25, -0.2) is 0 Å². The third-order valence-electron chi connectivity index (χ3n) is 4.09. The first kappa shape index (κ1) is 13.4. The van der Waals surface area contributed by atoms with Crippen LogP contribution < -0.4 is 10.2 Å². The monoisotopic (exact) mass is 274 g/mol. The number of hydrogen-bond acceptors (Lipinski definition) is 3. The molecule has 2 aliphatic rings. The van der Waals surface area contributed by atoms with Gasteiger partial charge in [0.25, 0.3) is 0 Å². The van der Waals surface area contributed by atoms with Crippen molar-refractivity contribution in [3.63, 3.8) is 0 Å². The number of rotatable bonds is 3. The Balaban J connectivity index is 1.69. The average molecular weight is 274 g/mol. The predicted molar refractivity (Wildman–Crippen MR) is 80.1 cm³/mol. The summed E-state index contributed by atoms with van der Waals surface area (Å²) in [7, 11) is 0. The van der Waals surface area contributed by atoms with Gasteiger partial charge in [0.2, 0.25) is 5.91 Å². The Labute approximate surface area is 120 Å². The minimum atomic E-state index is 0.238. The Kier molecular flexibility index (Phi) is 3.92. The highest BCUT2D eigenvalue weighted by Crippen LogP contribution is 2.26. The summed E-state index contributed by atoms with van der Waals surface area (Å²) >= 11 is 0. The number of nitrogens with zero attached hydrogens (tertiary/aromatic N) is 1. The molecule has 0 aliphatic carbocycles. The molecule has 0 spiro atoms. The summed E-state index contributed by atoms with van der Waals surface area (Å²) in [5.41, 5.74) is 2.11. The smallest absolute Gasteiger partial charge is 0.227 e. The molecule has 0 aromatic heterocycles. The van der Waals surface area contributed by atoms with Crippen LogP contribution in [0.1, 0.15) is 32.6 Å². The van der Waals surface area contributed by atoms with Crippen LogP contribution in [0.2, 0.25) is 0 Å². The number of benzene rings is 1. The van der Waals surface area contributed by atoms with Gasteiger partial charge in [-0.2, -0.15) is 0 Å². The molecule has 2 heterocycles. The lowest BCUT2D eigenvalue weighted by atomic mass is 10.0. The highest BCUT2D eigenvalue weighted by Gasteiger charge is 2.22. The average Bonchev–Trinajstić information content (AvgIpc) is 2.85. The Bertz CT molecular complexity index is 489. The van der Waals surface area contributed by atoms with E-state index in [-0.39, 0.29) is 5.91 Å². The third-order valence-corrected chi connectivity index (χ3v) is 4.09. The van der Waals surface area contributed by atoms with Crippen LogP contribution in [0.5, 0.6) is 0 Å². The van der Waals surface area contributed by atoms with E-state index in [9.17, 15) is 4.79 Å². The third kappa shape index (κ3) is 2.96. The lowest BCUT2D eigenvalue weighted by molar-refractivity contribution is -0.117. The molecule has 1 aromatic carbocycles. The van der Waals surface area contributed by atoms with Crippen molar-refractivity contribution in [2.24, 2.45) is 0 Å². The molecule has 0 bridgehead atoms. The first-order valence-corrected chi connectivity index (χ1v) is 7.51. The van der Waals surface area contributed by atoms with Crippen LogP contribution in [0, 0.1) is 0 Å². The molecule has 2 saturated heterocycles. The Morgan fingerprint density at radius 2 is 2.30 bits per heavy atom. The fourth-order valence-corrected chi connectivity index (χ4v) is 3.05. The molecule has 2 aliphatic heterocycles. The first-order chi connectivity index (χ1) is 9.72. The second-order valence-electron chi connectivity index (χ2n) is 5.75. The van der Waals surface area contributed by atoms with E-state index in [1.807, 2.05) is 17.0 Å². The van der Waals surface area contributed by atoms with E-state index in [0.29, 0.717) is 18.6 Å². The molecule has 0 saturated carbocycles. The minimum absolute atomic E-state index is 0.238. The number of ether oxygens (including phenoxy) is 1. The van der Waals surface area contributed by atoms with Crippen molar-refractivity contribution in [3.8, 4) is 0 Å². The molecular formula is C16H22N2O2. The van der Waals surface area contributed by atoms with Crippen molar-refractivity contribution in [1.29, 1.82) is 0 Å². The van der Waals surface area contributed by atoms with Crippen LogP contribution in [0.15, 0.2) is 24.3 Å². The largest absolute Gasteiger partial charge is 0.382 e. The first-order valence-electron chi connectivity index (χ1n) is 7.51. The van der Waals surface area contributed by atoms with Crippen molar-refractivity contribution >= 4 is 17.3 Å². The Hall–Kier alpha value is -1.55. The van der Waals surface area contributed by atoms with E-state index in [1.54, 1.807) is 0 Å². The zero-order chi connectivity index (χ0) is 13.9. The molecule has 2 fully saturated rings. The van der Waals surface area contributed by atoms with Crippen LogP contribution in [0.4, 0.5) is 11.4 Å². The van der Waals surface area contributed by atoms with Crippen LogP contribution in [-0.2, 0) is 9.53 Å². The van der Waals surface area contributed by atoms with Gasteiger partial charge in [0, 0.05) is 37.0 Å². The van der Waals surface area contributed by atoms with Gasteiger partial charge in [-0.3, -0.25) is 4.79 Å². The molecule has 3 rings (SSSR count). The van der Waals surface area contributed by atoms with Gasteiger partial charge in [-0.05, 0) is 44.4 Å². The lowest BCUT2D eigenvalue weighted by Gasteiger charge is -2.29. The second kappa shape index (κ2) is 5.83. The number of hydrogen-bond donors (Lipinski definition) is 1. The Morgan fingerprint density at radius 3 is 3.05 bits per heavy atom. The molecule has 20 heavy (non-hydrogen) atoms. The van der Waals surface area contributed by atoms with E-state index in [1.165, 1.54) is 0 Å². The van der Waals surface area contributed by atoms with E-state index in [0.717, 1.165) is 43.8 Å². The second-order valence-corrected chi connectivity index (χ2v) is 5.75. The fraction of sp³-hybridized carbons (Fsp3) is 0.562. The standard InChI is InChI=1S/C16H22N2O2/c1-12-10-14(7-9-20-12)17-13-4-2-5-15(11-13)18-8-3-6-16(18)19/h2,4-5,11-12,14,17H,3,6-10H2,1H3. The highest BCUT2D eigenvalue weighted by atomic mass is 16.5. The quantitative estimate of drug-likeness (QED) is 0.921. The summed E-state index contributed by atoms with van der Waals surface area (Å²) in [6.45, 7) is 3.78. The minimum Gasteiger partial charge on any atom is -0.382 e. The van der Waals surface area contributed by atoms with Crippen molar-refractivity contribution in [3.05, 3.63) is 24.3 Å². The van der Waals surface area contributed by atoms with Crippen LogP contribution in [-0.4, -0.2) is 31.2 Å². The SMILES string of the molecule is CC1CC(Nc2cccc(N3CCCC3=O)c2)CCO1. The topological polar surface area (TPSA) is 41.6 Å². The summed E-state index contributed by atoms with van der Waals surface area (Å²) < 4.78 is 5.57. The van der Waals surface area contributed by atoms with E-state index >= 15 is 0 Å². The van der Waals surface area contributed by atoms with Crippen LogP contribution in [0.3, 0.4) is 0 Å². The lowest BCUT2D eigenvalue weighted by Crippen LogP contribution is -2.32. The molecule has 2 atom stereocenters. The zero-order valence-electron chi connectivity index (χ0n) is 12.0. The maximum Gasteiger partial charge on any atom is 0.227 e. The summed E-state index contributed by atoms with van der Waals surface area (Å²) in [6, 6.07) is 8.66. The summed E-state index contributed by atoms with van der Waals surface area (Å²) in [5, 5.41) is 3.57. The van der Waals surface area contributed by atoms with E-state index < -0.39 is 0 Å². The molecule has 108 valence electrons. The summed E-state index contributed by atoms with van der Waals surface area (Å²) in [5.74, 6) is 0.238. The van der Waals surface area contributed by atoms with Crippen molar-refractivity contribution < 1.29 is 9.53 Å². The van der Waals surface area contributed by atoms with Crippen LogP contribution >= 0.6 is 0 Å². The van der Waals surface area contributed by atoms with Crippen molar-refractivity contribution in [2.45, 2.75) is 44.8 Å². The molecular weight excluding hydrogens is 252 g/mol. The van der Waals surface area contributed by atoms with Crippen LogP contribution in [0.25, 0.3) is 0 Å². The van der Waals surface area contributed by atoms with E-state index in [4.69, 9.17) is 4.74 Å². The normalized spacial score (nSPS) is 26.9. The van der Waals surface area contributed by atoms with E-state index in [2.05, 4.69) is 24.4 Å². The predicted octanol–water partition coefficient (Wildman–Crippen LogP) is 2.79. The number of carbonyl (C=O) groups excluding carboxylic acids is 1. The van der Waals surface area contributed by atoms with Gasteiger partial charge >= 0.3 is 0 Å². The zero-order valence-corrected chi connectivity index (χ0v) is 12.0. The maximum absolute atomic E-state index is 11.8. The van der Waals surface area contributed by atoms with Gasteiger partial charge in [-0.1, -0.05) is 6.07 Å². The molecule has 1 aromatic rings. The molecule has 1 N–H and O–H groups in total. The van der Waals surface area contributed by atoms with Gasteiger partial charge in [0.1, 0.15) is 0 Å². The van der Waals surface area contributed by atoms with Gasteiger partial charge in [0.05, 0.1) is 6.10 Å². The molecule has 1 amide bonds. The number of carbonyl (C=O) groups is 1. The summed E-state index contributed by atoms with van der Waals surface area (Å²) in [6.07, 6.45) is 4.04. The Morgan fingerprint density at radius 1 is 1.40 bits per heavy atom. The van der Waals surface area contributed by atoms with Crippen molar-refractivity contribution in [2.75, 3.05) is 23.4 Å². The number of anilines is 2. The number of nitrogens with one attached hydrogen (secondary N) is 1. The maximum atomic E-state index is 11.8. The van der Waals surface area contributed by atoms with Gasteiger partial charge in [-0.15, -0.1) is 0 Å². The molecule has 2 unspecified atom stereocenters. The fourth-order valence-electron chi connectivity index (χ4n) is 3.05. The molecule has 4 heteroatoms. The highest BCUT2D eigenvalue weighted by molar-refractivity contribution is 5.95. The molecule has 4 nitrogen and oxygen atoms in total. The van der Waals surface area contributed by atoms with Crippen molar-refractivity contribution in [1.82, 2.24) is 0 Å². The summed E-state index contributed by atoms with van der Waals surface area (Å²) in [4.78, 5) is 13.7. The molecule has 0 radical (unpaired) electrons. The van der Waals surface area contributed by atoms with Gasteiger partial charge in [0.15, 0.2) is 0 Å². The van der Waals surface area contributed by atoms with Gasteiger partial charge < -0.3 is 15.0 Å². The number of amides is 1.